The molecule has 0 aliphatic rings. The zero-order chi connectivity index (χ0) is 15.4. The van der Waals surface area contributed by atoms with E-state index in [2.05, 4.69) is 51.3 Å². The van der Waals surface area contributed by atoms with Gasteiger partial charge in [-0.3, -0.25) is 0 Å². The van der Waals surface area contributed by atoms with Gasteiger partial charge in [-0.05, 0) is 43.5 Å². The second kappa shape index (κ2) is 6.95. The van der Waals surface area contributed by atoms with Gasteiger partial charge < -0.3 is 15.8 Å². The summed E-state index contributed by atoms with van der Waals surface area (Å²) in [7, 11) is 0. The van der Waals surface area contributed by atoms with Crippen LogP contribution in [0.25, 0.3) is 0 Å². The maximum Gasteiger partial charge on any atom is 0.172 e. The van der Waals surface area contributed by atoms with Crippen molar-refractivity contribution in [2.45, 2.75) is 26.4 Å². The molecule has 0 saturated heterocycles. The third-order valence-corrected chi connectivity index (χ3v) is 4.54. The normalized spacial score (nSPS) is 11.9. The van der Waals surface area contributed by atoms with Gasteiger partial charge in [0.25, 0.3) is 0 Å². The summed E-state index contributed by atoms with van der Waals surface area (Å²) in [6, 6.07) is 10.2. The molecular formula is C15H18BrN3OS. The average molecular weight is 368 g/mol. The summed E-state index contributed by atoms with van der Waals surface area (Å²) in [6.07, 6.45) is 0. The molecule has 0 bridgehead atoms. The van der Waals surface area contributed by atoms with Crippen molar-refractivity contribution in [1.29, 1.82) is 0 Å². The van der Waals surface area contributed by atoms with E-state index < -0.39 is 0 Å². The Morgan fingerprint density at radius 3 is 2.76 bits per heavy atom. The number of benzene rings is 1. The Morgan fingerprint density at radius 1 is 1.43 bits per heavy atom. The smallest absolute Gasteiger partial charge is 0.172 e. The number of thiophene rings is 1. The average Bonchev–Trinajstić information content (AvgIpc) is 2.96. The van der Waals surface area contributed by atoms with Crippen LogP contribution in [0.4, 0.5) is 5.69 Å². The number of anilines is 1. The van der Waals surface area contributed by atoms with Crippen molar-refractivity contribution >= 4 is 38.8 Å². The van der Waals surface area contributed by atoms with E-state index in [1.165, 1.54) is 4.88 Å². The second-order valence-corrected chi connectivity index (χ2v) is 6.90. The minimum atomic E-state index is 0.120. The summed E-state index contributed by atoms with van der Waals surface area (Å²) in [6.45, 7) is 5.05. The van der Waals surface area contributed by atoms with Crippen molar-refractivity contribution in [2.75, 3.05) is 4.90 Å². The van der Waals surface area contributed by atoms with Crippen LogP contribution < -0.4 is 10.6 Å². The summed E-state index contributed by atoms with van der Waals surface area (Å²) in [4.78, 5) is 3.51. The Kier molecular flexibility index (Phi) is 5.25. The fourth-order valence-electron chi connectivity index (χ4n) is 2.13. The molecule has 112 valence electrons. The van der Waals surface area contributed by atoms with Gasteiger partial charge in [0.1, 0.15) is 0 Å². The van der Waals surface area contributed by atoms with Crippen molar-refractivity contribution in [3.05, 3.63) is 50.6 Å². The van der Waals surface area contributed by atoms with Crippen LogP contribution in [-0.4, -0.2) is 17.1 Å². The van der Waals surface area contributed by atoms with E-state index in [-0.39, 0.29) is 11.9 Å². The van der Waals surface area contributed by atoms with Gasteiger partial charge in [0, 0.05) is 26.6 Å². The summed E-state index contributed by atoms with van der Waals surface area (Å²) >= 11 is 5.22. The van der Waals surface area contributed by atoms with Crippen molar-refractivity contribution < 1.29 is 5.21 Å². The van der Waals surface area contributed by atoms with Gasteiger partial charge >= 0.3 is 0 Å². The highest BCUT2D eigenvalue weighted by atomic mass is 79.9. The molecule has 2 rings (SSSR count). The highest BCUT2D eigenvalue weighted by Gasteiger charge is 2.18. The summed E-state index contributed by atoms with van der Waals surface area (Å²) in [5.41, 5.74) is 7.49. The van der Waals surface area contributed by atoms with Crippen LogP contribution in [0.2, 0.25) is 0 Å². The van der Waals surface area contributed by atoms with Crippen LogP contribution in [0, 0.1) is 0 Å². The number of rotatable bonds is 5. The SMILES string of the molecule is CC(C)N(Cc1cccs1)c1cc(Br)ccc1/C(N)=N/O. The van der Waals surface area contributed by atoms with Gasteiger partial charge in [-0.2, -0.15) is 0 Å². The first kappa shape index (κ1) is 15.9. The van der Waals surface area contributed by atoms with Gasteiger partial charge in [0.2, 0.25) is 0 Å². The lowest BCUT2D eigenvalue weighted by atomic mass is 10.1. The fourth-order valence-corrected chi connectivity index (χ4v) is 3.18. The minimum absolute atomic E-state index is 0.120. The molecule has 0 spiro atoms. The van der Waals surface area contributed by atoms with Gasteiger partial charge in [0.15, 0.2) is 5.84 Å². The topological polar surface area (TPSA) is 61.8 Å². The molecule has 3 N–H and O–H groups in total. The Morgan fingerprint density at radius 2 is 2.19 bits per heavy atom. The quantitative estimate of drug-likeness (QED) is 0.363. The zero-order valence-corrected chi connectivity index (χ0v) is 14.4. The molecule has 4 nitrogen and oxygen atoms in total. The molecule has 2 aromatic rings. The van der Waals surface area contributed by atoms with Crippen LogP contribution in [0.1, 0.15) is 24.3 Å². The molecule has 0 aliphatic heterocycles. The standard InChI is InChI=1S/C15H18BrN3OS/c1-10(2)19(9-12-4-3-7-21-12)14-8-11(16)5-6-13(14)15(17)18-20/h3-8,10,20H,9H2,1-2H3,(H2,17,18). The number of nitrogens with zero attached hydrogens (tertiary/aromatic N) is 2. The molecule has 0 unspecified atom stereocenters. The zero-order valence-electron chi connectivity index (χ0n) is 12.0. The second-order valence-electron chi connectivity index (χ2n) is 4.95. The van der Waals surface area contributed by atoms with Gasteiger partial charge in [0.05, 0.1) is 6.54 Å². The molecule has 1 heterocycles. The lowest BCUT2D eigenvalue weighted by molar-refractivity contribution is 0.318. The first-order valence-corrected chi connectivity index (χ1v) is 8.26. The molecular weight excluding hydrogens is 350 g/mol. The maximum absolute atomic E-state index is 8.99. The number of hydrogen-bond acceptors (Lipinski definition) is 4. The summed E-state index contributed by atoms with van der Waals surface area (Å²) in [5, 5.41) is 14.2. The predicted molar refractivity (Wildman–Crippen MR) is 92.3 cm³/mol. The van der Waals surface area contributed by atoms with Crippen molar-refractivity contribution in [3.63, 3.8) is 0 Å². The molecule has 0 atom stereocenters. The summed E-state index contributed by atoms with van der Waals surface area (Å²) in [5.74, 6) is 0.120. The maximum atomic E-state index is 8.99. The molecule has 0 fully saturated rings. The van der Waals surface area contributed by atoms with Crippen molar-refractivity contribution in [2.24, 2.45) is 10.9 Å². The van der Waals surface area contributed by atoms with Crippen LogP contribution >= 0.6 is 27.3 Å². The van der Waals surface area contributed by atoms with Crippen LogP contribution in [0.3, 0.4) is 0 Å². The first-order chi connectivity index (χ1) is 10.0. The van der Waals surface area contributed by atoms with Crippen LogP contribution in [-0.2, 0) is 6.54 Å². The fraction of sp³-hybridized carbons (Fsp3) is 0.267. The Labute approximate surface area is 137 Å². The summed E-state index contributed by atoms with van der Waals surface area (Å²) < 4.78 is 0.962. The Balaban J connectivity index is 2.46. The van der Waals surface area contributed by atoms with E-state index in [0.29, 0.717) is 0 Å². The highest BCUT2D eigenvalue weighted by molar-refractivity contribution is 9.10. The first-order valence-electron chi connectivity index (χ1n) is 6.59. The molecule has 1 aromatic heterocycles. The Hall–Kier alpha value is -1.53. The van der Waals surface area contributed by atoms with Crippen molar-refractivity contribution in [3.8, 4) is 0 Å². The highest BCUT2D eigenvalue weighted by Crippen LogP contribution is 2.29. The predicted octanol–water partition coefficient (Wildman–Crippen LogP) is 4.02. The molecule has 6 heteroatoms. The van der Waals surface area contributed by atoms with E-state index in [4.69, 9.17) is 10.9 Å². The molecule has 21 heavy (non-hydrogen) atoms. The number of nitrogens with two attached hydrogens (primary N) is 1. The van der Waals surface area contributed by atoms with Crippen molar-refractivity contribution in [1.82, 2.24) is 0 Å². The monoisotopic (exact) mass is 367 g/mol. The number of halogens is 1. The van der Waals surface area contributed by atoms with E-state index >= 15 is 0 Å². The third-order valence-electron chi connectivity index (χ3n) is 3.18. The lowest BCUT2D eigenvalue weighted by Crippen LogP contribution is -2.32. The Bertz CT molecular complexity index is 626. The van der Waals surface area contributed by atoms with E-state index in [0.717, 1.165) is 22.3 Å². The molecule has 0 radical (unpaired) electrons. The number of hydrogen-bond donors (Lipinski definition) is 2. The van der Waals surface area contributed by atoms with Gasteiger partial charge in [-0.1, -0.05) is 27.2 Å². The lowest BCUT2D eigenvalue weighted by Gasteiger charge is -2.30. The molecule has 0 aliphatic carbocycles. The van der Waals surface area contributed by atoms with E-state index in [9.17, 15) is 0 Å². The minimum Gasteiger partial charge on any atom is -0.409 e. The largest absolute Gasteiger partial charge is 0.409 e. The van der Waals surface area contributed by atoms with Gasteiger partial charge in [-0.15, -0.1) is 11.3 Å². The number of oxime groups is 1. The van der Waals surface area contributed by atoms with Gasteiger partial charge in [-0.25, -0.2) is 0 Å². The molecule has 0 saturated carbocycles. The molecule has 1 aromatic carbocycles. The third kappa shape index (κ3) is 3.77. The van der Waals surface area contributed by atoms with Crippen LogP contribution in [0.5, 0.6) is 0 Å². The van der Waals surface area contributed by atoms with E-state index in [1.54, 1.807) is 11.3 Å². The van der Waals surface area contributed by atoms with E-state index in [1.807, 2.05) is 24.3 Å². The van der Waals surface area contributed by atoms with Crippen LogP contribution in [0.15, 0.2) is 45.3 Å². The number of amidine groups is 1. The molecule has 0 amide bonds.